The molecule has 1 aliphatic rings. The summed E-state index contributed by atoms with van der Waals surface area (Å²) in [6.45, 7) is 7.45. The Balaban J connectivity index is 1.96. The molecular weight excluding hydrogens is 126 g/mol. The van der Waals surface area contributed by atoms with Crippen LogP contribution < -0.4 is 0 Å². The Morgan fingerprint density at radius 2 is 2.10 bits per heavy atom. The highest BCUT2D eigenvalue weighted by Gasteiger charge is 2.09. The van der Waals surface area contributed by atoms with Crippen molar-refractivity contribution in [2.24, 2.45) is 0 Å². The van der Waals surface area contributed by atoms with Crippen LogP contribution in [0.2, 0.25) is 0 Å². The standard InChI is InChI=1S/C8H15NO/c1-2-7-10-8-9-5-3-4-6-9/h2H,1,3-8H2. The number of hydrogen-bond acceptors (Lipinski definition) is 2. The van der Waals surface area contributed by atoms with E-state index in [4.69, 9.17) is 4.74 Å². The van der Waals surface area contributed by atoms with Crippen molar-refractivity contribution >= 4 is 0 Å². The maximum absolute atomic E-state index is 5.27. The van der Waals surface area contributed by atoms with Crippen LogP contribution in [-0.2, 0) is 4.74 Å². The Hall–Kier alpha value is -0.340. The van der Waals surface area contributed by atoms with Gasteiger partial charge in [-0.05, 0) is 12.8 Å². The third kappa shape index (κ3) is 2.50. The van der Waals surface area contributed by atoms with Gasteiger partial charge < -0.3 is 4.74 Å². The summed E-state index contributed by atoms with van der Waals surface area (Å²) in [4.78, 5) is 2.32. The molecule has 1 fully saturated rings. The Bertz CT molecular complexity index is 97.4. The van der Waals surface area contributed by atoms with Crippen LogP contribution >= 0.6 is 0 Å². The minimum atomic E-state index is 0.677. The molecule has 1 saturated heterocycles. The molecular formula is C8H15NO. The first-order valence-corrected chi connectivity index (χ1v) is 3.84. The first-order valence-electron chi connectivity index (χ1n) is 3.84. The number of nitrogens with zero attached hydrogens (tertiary/aromatic N) is 1. The van der Waals surface area contributed by atoms with Crippen molar-refractivity contribution in [3.63, 3.8) is 0 Å². The van der Waals surface area contributed by atoms with Crippen LogP contribution in [0.25, 0.3) is 0 Å². The Kier molecular flexibility index (Phi) is 3.47. The fourth-order valence-corrected chi connectivity index (χ4v) is 1.18. The second-order valence-corrected chi connectivity index (χ2v) is 2.61. The van der Waals surface area contributed by atoms with Gasteiger partial charge in [0, 0.05) is 13.1 Å². The fourth-order valence-electron chi connectivity index (χ4n) is 1.18. The van der Waals surface area contributed by atoms with E-state index in [-0.39, 0.29) is 0 Å². The van der Waals surface area contributed by atoms with Crippen molar-refractivity contribution in [2.45, 2.75) is 12.8 Å². The van der Waals surface area contributed by atoms with Crippen molar-refractivity contribution in [2.75, 3.05) is 26.4 Å². The highest BCUT2D eigenvalue weighted by Crippen LogP contribution is 2.05. The van der Waals surface area contributed by atoms with Crippen LogP contribution in [0, 0.1) is 0 Å². The van der Waals surface area contributed by atoms with Crippen LogP contribution in [0.4, 0.5) is 0 Å². The van der Waals surface area contributed by atoms with E-state index in [0.29, 0.717) is 6.61 Å². The summed E-state index contributed by atoms with van der Waals surface area (Å²) in [7, 11) is 0. The Labute approximate surface area is 62.5 Å². The van der Waals surface area contributed by atoms with Gasteiger partial charge in [0.05, 0.1) is 13.3 Å². The summed E-state index contributed by atoms with van der Waals surface area (Å²) in [6.07, 6.45) is 4.45. The van der Waals surface area contributed by atoms with Crippen LogP contribution in [0.3, 0.4) is 0 Å². The van der Waals surface area contributed by atoms with Gasteiger partial charge in [-0.2, -0.15) is 0 Å². The lowest BCUT2D eigenvalue weighted by atomic mass is 10.4. The molecule has 58 valence electrons. The van der Waals surface area contributed by atoms with Crippen molar-refractivity contribution in [3.05, 3.63) is 12.7 Å². The van der Waals surface area contributed by atoms with Gasteiger partial charge in [-0.1, -0.05) is 6.08 Å². The van der Waals surface area contributed by atoms with Crippen molar-refractivity contribution in [1.82, 2.24) is 4.90 Å². The lowest BCUT2D eigenvalue weighted by Crippen LogP contribution is -2.22. The maximum Gasteiger partial charge on any atom is 0.0994 e. The van der Waals surface area contributed by atoms with Crippen LogP contribution in [0.1, 0.15) is 12.8 Å². The minimum Gasteiger partial charge on any atom is -0.362 e. The largest absolute Gasteiger partial charge is 0.362 e. The lowest BCUT2D eigenvalue weighted by Gasteiger charge is -2.13. The Morgan fingerprint density at radius 3 is 2.70 bits per heavy atom. The topological polar surface area (TPSA) is 12.5 Å². The normalized spacial score (nSPS) is 19.6. The highest BCUT2D eigenvalue weighted by atomic mass is 16.5. The average molecular weight is 141 g/mol. The number of rotatable bonds is 4. The smallest absolute Gasteiger partial charge is 0.0994 e. The van der Waals surface area contributed by atoms with Gasteiger partial charge in [0.25, 0.3) is 0 Å². The second-order valence-electron chi connectivity index (χ2n) is 2.61. The SMILES string of the molecule is C=CCOCN1CCCC1. The maximum atomic E-state index is 5.27. The molecule has 1 rings (SSSR count). The summed E-state index contributed by atoms with van der Waals surface area (Å²) in [5.74, 6) is 0. The summed E-state index contributed by atoms with van der Waals surface area (Å²) in [6, 6.07) is 0. The molecule has 2 nitrogen and oxygen atoms in total. The minimum absolute atomic E-state index is 0.677. The molecule has 1 heterocycles. The zero-order chi connectivity index (χ0) is 7.23. The van der Waals surface area contributed by atoms with Crippen LogP contribution in [0.5, 0.6) is 0 Å². The molecule has 0 amide bonds. The van der Waals surface area contributed by atoms with E-state index in [1.54, 1.807) is 6.08 Å². The molecule has 0 aromatic rings. The first-order chi connectivity index (χ1) is 4.93. The van der Waals surface area contributed by atoms with Gasteiger partial charge >= 0.3 is 0 Å². The molecule has 0 spiro atoms. The monoisotopic (exact) mass is 141 g/mol. The molecule has 0 bridgehead atoms. The van der Waals surface area contributed by atoms with Crippen molar-refractivity contribution in [1.29, 1.82) is 0 Å². The van der Waals surface area contributed by atoms with Gasteiger partial charge in [-0.15, -0.1) is 6.58 Å². The van der Waals surface area contributed by atoms with Gasteiger partial charge in [0.2, 0.25) is 0 Å². The van der Waals surface area contributed by atoms with E-state index in [2.05, 4.69) is 11.5 Å². The molecule has 0 aromatic carbocycles. The highest BCUT2D eigenvalue weighted by molar-refractivity contribution is 4.65. The fraction of sp³-hybridized carbons (Fsp3) is 0.750. The second kappa shape index (κ2) is 4.47. The molecule has 2 heteroatoms. The van der Waals surface area contributed by atoms with Gasteiger partial charge in [-0.3, -0.25) is 4.90 Å². The average Bonchev–Trinajstić information content (AvgIpc) is 2.41. The lowest BCUT2D eigenvalue weighted by molar-refractivity contribution is 0.0588. The molecule has 0 unspecified atom stereocenters. The molecule has 0 atom stereocenters. The molecule has 0 aliphatic carbocycles. The van der Waals surface area contributed by atoms with E-state index < -0.39 is 0 Å². The van der Waals surface area contributed by atoms with E-state index in [1.807, 2.05) is 0 Å². The Morgan fingerprint density at radius 1 is 1.40 bits per heavy atom. The summed E-state index contributed by atoms with van der Waals surface area (Å²) in [5, 5.41) is 0. The summed E-state index contributed by atoms with van der Waals surface area (Å²) >= 11 is 0. The summed E-state index contributed by atoms with van der Waals surface area (Å²) in [5.41, 5.74) is 0. The van der Waals surface area contributed by atoms with E-state index >= 15 is 0 Å². The van der Waals surface area contributed by atoms with Crippen molar-refractivity contribution in [3.8, 4) is 0 Å². The molecule has 0 aromatic heterocycles. The quantitative estimate of drug-likeness (QED) is 0.431. The third-order valence-corrected chi connectivity index (χ3v) is 1.71. The predicted octanol–water partition coefficient (Wildman–Crippen LogP) is 1.24. The van der Waals surface area contributed by atoms with Crippen LogP contribution in [0.15, 0.2) is 12.7 Å². The first kappa shape index (κ1) is 7.76. The van der Waals surface area contributed by atoms with Crippen LogP contribution in [-0.4, -0.2) is 31.3 Å². The molecule has 0 N–H and O–H groups in total. The number of hydrogen-bond donors (Lipinski definition) is 0. The van der Waals surface area contributed by atoms with Gasteiger partial charge in [0.15, 0.2) is 0 Å². The molecule has 0 radical (unpaired) electrons. The zero-order valence-corrected chi connectivity index (χ0v) is 6.38. The van der Waals surface area contributed by atoms with E-state index in [1.165, 1.54) is 25.9 Å². The van der Waals surface area contributed by atoms with Gasteiger partial charge in [0.1, 0.15) is 0 Å². The number of ether oxygens (including phenoxy) is 1. The third-order valence-electron chi connectivity index (χ3n) is 1.71. The van der Waals surface area contributed by atoms with Crippen molar-refractivity contribution < 1.29 is 4.74 Å². The zero-order valence-electron chi connectivity index (χ0n) is 6.38. The van der Waals surface area contributed by atoms with E-state index in [9.17, 15) is 0 Å². The number of likely N-dealkylation sites (tertiary alicyclic amines) is 1. The molecule has 1 aliphatic heterocycles. The molecule has 10 heavy (non-hydrogen) atoms. The summed E-state index contributed by atoms with van der Waals surface area (Å²) < 4.78 is 5.27. The predicted molar refractivity (Wildman–Crippen MR) is 41.8 cm³/mol. The van der Waals surface area contributed by atoms with Gasteiger partial charge in [-0.25, -0.2) is 0 Å². The molecule has 0 saturated carbocycles. The van der Waals surface area contributed by atoms with E-state index in [0.717, 1.165) is 6.73 Å².